The standard InChI is InChI=1S/C18H26N2O/c1-17(2,3)14-6-8-16(9-7-14)21-12-10-15-5-4-11-18(15,20)13-19/h6-9,15H,4-5,10-12,20H2,1-3H3. The Morgan fingerprint density at radius 2 is 2.00 bits per heavy atom. The van der Waals surface area contributed by atoms with Crippen molar-refractivity contribution in [2.45, 2.75) is 57.4 Å². The van der Waals surface area contributed by atoms with E-state index in [2.05, 4.69) is 39.0 Å². The highest BCUT2D eigenvalue weighted by molar-refractivity contribution is 5.31. The molecule has 0 bridgehead atoms. The Balaban J connectivity index is 1.86. The largest absolute Gasteiger partial charge is 0.494 e. The average molecular weight is 286 g/mol. The average Bonchev–Trinajstić information content (AvgIpc) is 2.81. The number of hydrogen-bond acceptors (Lipinski definition) is 3. The number of ether oxygens (including phenoxy) is 1. The zero-order chi connectivity index (χ0) is 15.5. The van der Waals surface area contributed by atoms with Crippen molar-refractivity contribution < 1.29 is 4.74 Å². The molecule has 21 heavy (non-hydrogen) atoms. The predicted octanol–water partition coefficient (Wildman–Crippen LogP) is 3.77. The summed E-state index contributed by atoms with van der Waals surface area (Å²) in [7, 11) is 0. The molecule has 3 heteroatoms. The van der Waals surface area contributed by atoms with Crippen molar-refractivity contribution in [2.75, 3.05) is 6.61 Å². The van der Waals surface area contributed by atoms with E-state index in [4.69, 9.17) is 10.5 Å². The zero-order valence-corrected chi connectivity index (χ0v) is 13.4. The van der Waals surface area contributed by atoms with Crippen LogP contribution < -0.4 is 10.5 Å². The molecule has 0 saturated heterocycles. The van der Waals surface area contributed by atoms with Gasteiger partial charge in [-0.1, -0.05) is 39.3 Å². The van der Waals surface area contributed by atoms with Crippen molar-refractivity contribution in [3.8, 4) is 11.8 Å². The zero-order valence-electron chi connectivity index (χ0n) is 13.4. The molecule has 3 nitrogen and oxygen atoms in total. The fourth-order valence-electron chi connectivity index (χ4n) is 3.02. The summed E-state index contributed by atoms with van der Waals surface area (Å²) in [6.07, 6.45) is 3.75. The lowest BCUT2D eigenvalue weighted by Crippen LogP contribution is -2.42. The summed E-state index contributed by atoms with van der Waals surface area (Å²) in [4.78, 5) is 0. The maximum Gasteiger partial charge on any atom is 0.119 e. The number of hydrogen-bond donors (Lipinski definition) is 1. The van der Waals surface area contributed by atoms with Gasteiger partial charge in [-0.2, -0.15) is 5.26 Å². The third-order valence-electron chi connectivity index (χ3n) is 4.54. The van der Waals surface area contributed by atoms with Crippen molar-refractivity contribution in [1.82, 2.24) is 0 Å². The lowest BCUT2D eigenvalue weighted by molar-refractivity contribution is 0.254. The minimum Gasteiger partial charge on any atom is -0.494 e. The number of rotatable bonds is 4. The summed E-state index contributed by atoms with van der Waals surface area (Å²) in [5.74, 6) is 1.15. The molecule has 2 unspecified atom stereocenters. The summed E-state index contributed by atoms with van der Waals surface area (Å²) in [6.45, 7) is 7.23. The third-order valence-corrected chi connectivity index (χ3v) is 4.54. The van der Waals surface area contributed by atoms with E-state index in [9.17, 15) is 5.26 Å². The molecule has 2 atom stereocenters. The van der Waals surface area contributed by atoms with Crippen molar-refractivity contribution in [1.29, 1.82) is 5.26 Å². The van der Waals surface area contributed by atoms with E-state index in [1.54, 1.807) is 0 Å². The van der Waals surface area contributed by atoms with Crippen LogP contribution in [0.25, 0.3) is 0 Å². The van der Waals surface area contributed by atoms with Gasteiger partial charge in [0.2, 0.25) is 0 Å². The highest BCUT2D eigenvalue weighted by atomic mass is 16.5. The van der Waals surface area contributed by atoms with Gasteiger partial charge in [0.25, 0.3) is 0 Å². The molecule has 0 heterocycles. The minimum atomic E-state index is -0.639. The van der Waals surface area contributed by atoms with Gasteiger partial charge >= 0.3 is 0 Å². The fourth-order valence-corrected chi connectivity index (χ4v) is 3.02. The van der Waals surface area contributed by atoms with E-state index in [0.717, 1.165) is 31.4 Å². The van der Waals surface area contributed by atoms with Gasteiger partial charge in [-0.25, -0.2) is 0 Å². The molecule has 2 rings (SSSR count). The van der Waals surface area contributed by atoms with E-state index < -0.39 is 5.54 Å². The predicted molar refractivity (Wildman–Crippen MR) is 85.1 cm³/mol. The first kappa shape index (κ1) is 15.9. The van der Waals surface area contributed by atoms with Crippen molar-refractivity contribution in [2.24, 2.45) is 11.7 Å². The van der Waals surface area contributed by atoms with Crippen LogP contribution in [0, 0.1) is 17.2 Å². The lowest BCUT2D eigenvalue weighted by Gasteiger charge is -2.24. The normalized spacial score (nSPS) is 25.6. The molecule has 0 aliphatic heterocycles. The molecule has 1 aromatic rings. The van der Waals surface area contributed by atoms with E-state index in [0.29, 0.717) is 6.61 Å². The second kappa shape index (κ2) is 6.07. The Kier molecular flexibility index (Phi) is 4.58. The molecule has 1 aliphatic carbocycles. The molecule has 1 saturated carbocycles. The van der Waals surface area contributed by atoms with Crippen LogP contribution in [0.3, 0.4) is 0 Å². The maximum absolute atomic E-state index is 9.20. The molecule has 0 amide bonds. The third kappa shape index (κ3) is 3.77. The van der Waals surface area contributed by atoms with E-state index in [1.165, 1.54) is 5.56 Å². The molecular formula is C18H26N2O. The maximum atomic E-state index is 9.20. The van der Waals surface area contributed by atoms with Crippen LogP contribution in [0.1, 0.15) is 52.0 Å². The van der Waals surface area contributed by atoms with Crippen LogP contribution in [0.15, 0.2) is 24.3 Å². The fraction of sp³-hybridized carbons (Fsp3) is 0.611. The molecule has 0 radical (unpaired) electrons. The molecular weight excluding hydrogens is 260 g/mol. The minimum absolute atomic E-state index is 0.161. The highest BCUT2D eigenvalue weighted by Crippen LogP contribution is 2.35. The van der Waals surface area contributed by atoms with Gasteiger partial charge in [0.15, 0.2) is 0 Å². The van der Waals surface area contributed by atoms with Crippen molar-refractivity contribution >= 4 is 0 Å². The molecule has 2 N–H and O–H groups in total. The Morgan fingerprint density at radius 1 is 1.33 bits per heavy atom. The van der Waals surface area contributed by atoms with E-state index >= 15 is 0 Å². The lowest BCUT2D eigenvalue weighted by atomic mass is 9.87. The van der Waals surface area contributed by atoms with E-state index in [-0.39, 0.29) is 11.3 Å². The van der Waals surface area contributed by atoms with Gasteiger partial charge < -0.3 is 10.5 Å². The van der Waals surface area contributed by atoms with Crippen LogP contribution in [0.4, 0.5) is 0 Å². The Morgan fingerprint density at radius 3 is 2.57 bits per heavy atom. The molecule has 1 fully saturated rings. The number of nitriles is 1. The van der Waals surface area contributed by atoms with Crippen LogP contribution in [-0.4, -0.2) is 12.1 Å². The topological polar surface area (TPSA) is 59.0 Å². The number of nitrogens with two attached hydrogens (primary N) is 1. The van der Waals surface area contributed by atoms with Gasteiger partial charge in [-0.15, -0.1) is 0 Å². The molecule has 1 aliphatic rings. The summed E-state index contributed by atoms with van der Waals surface area (Å²) >= 11 is 0. The van der Waals surface area contributed by atoms with Crippen molar-refractivity contribution in [3.05, 3.63) is 29.8 Å². The SMILES string of the molecule is CC(C)(C)c1ccc(OCCC2CCCC2(N)C#N)cc1. The Bertz CT molecular complexity index is 510. The molecule has 114 valence electrons. The first-order valence-corrected chi connectivity index (χ1v) is 7.79. The van der Waals surface area contributed by atoms with Crippen LogP contribution in [0.2, 0.25) is 0 Å². The van der Waals surface area contributed by atoms with Gasteiger partial charge in [-0.3, -0.25) is 0 Å². The van der Waals surface area contributed by atoms with E-state index in [1.807, 2.05) is 12.1 Å². The quantitative estimate of drug-likeness (QED) is 0.916. The summed E-state index contributed by atoms with van der Waals surface area (Å²) in [5, 5.41) is 9.20. The smallest absolute Gasteiger partial charge is 0.119 e. The van der Waals surface area contributed by atoms with Gasteiger partial charge in [0, 0.05) is 0 Å². The summed E-state index contributed by atoms with van der Waals surface area (Å²) < 4.78 is 5.81. The first-order chi connectivity index (χ1) is 9.85. The number of benzene rings is 1. The Hall–Kier alpha value is -1.53. The molecule has 0 spiro atoms. The number of nitrogens with zero attached hydrogens (tertiary/aromatic N) is 1. The summed E-state index contributed by atoms with van der Waals surface area (Å²) in [6, 6.07) is 10.6. The van der Waals surface area contributed by atoms with Crippen LogP contribution in [0.5, 0.6) is 5.75 Å². The van der Waals surface area contributed by atoms with Gasteiger partial charge in [-0.05, 0) is 48.3 Å². The van der Waals surface area contributed by atoms with Gasteiger partial charge in [0.05, 0.1) is 12.7 Å². The first-order valence-electron chi connectivity index (χ1n) is 7.79. The monoisotopic (exact) mass is 286 g/mol. The van der Waals surface area contributed by atoms with Crippen LogP contribution in [-0.2, 0) is 5.41 Å². The van der Waals surface area contributed by atoms with Crippen molar-refractivity contribution in [3.63, 3.8) is 0 Å². The molecule has 1 aromatic carbocycles. The highest BCUT2D eigenvalue weighted by Gasteiger charge is 2.39. The second-order valence-corrected chi connectivity index (χ2v) is 7.15. The second-order valence-electron chi connectivity index (χ2n) is 7.15. The van der Waals surface area contributed by atoms with Crippen LogP contribution >= 0.6 is 0 Å². The molecule has 0 aromatic heterocycles. The van der Waals surface area contributed by atoms with Gasteiger partial charge in [0.1, 0.15) is 11.3 Å². The summed E-state index contributed by atoms with van der Waals surface area (Å²) in [5.41, 5.74) is 6.96. The Labute approximate surface area is 128 Å².